The molecule has 1 atom stereocenters. The van der Waals surface area contributed by atoms with Crippen molar-refractivity contribution in [1.82, 2.24) is 9.80 Å². The molecule has 0 saturated carbocycles. The van der Waals surface area contributed by atoms with Gasteiger partial charge < -0.3 is 10.0 Å². The maximum absolute atomic E-state index is 12.4. The number of nitrogens with zero attached hydrogens (tertiary/aromatic N) is 2. The molecule has 120 valence electrons. The fraction of sp³-hybridized carbons (Fsp3) is 0.875. The molecule has 2 aliphatic rings. The Morgan fingerprint density at radius 3 is 2.24 bits per heavy atom. The van der Waals surface area contributed by atoms with Gasteiger partial charge in [-0.2, -0.15) is 0 Å². The largest absolute Gasteiger partial charge is 0.480 e. The highest BCUT2D eigenvalue weighted by atomic mass is 16.4. The number of piperidine rings is 1. The minimum absolute atomic E-state index is 0.153. The van der Waals surface area contributed by atoms with Gasteiger partial charge >= 0.3 is 5.97 Å². The van der Waals surface area contributed by atoms with Gasteiger partial charge in [-0.25, -0.2) is 0 Å². The van der Waals surface area contributed by atoms with Crippen LogP contribution in [0.4, 0.5) is 0 Å². The zero-order chi connectivity index (χ0) is 15.4. The number of hydrogen-bond acceptors (Lipinski definition) is 3. The van der Waals surface area contributed by atoms with Gasteiger partial charge in [-0.1, -0.05) is 13.8 Å². The Bertz CT molecular complexity index is 374. The second-order valence-corrected chi connectivity index (χ2v) is 6.30. The molecule has 1 N–H and O–H groups in total. The lowest BCUT2D eigenvalue weighted by Crippen LogP contribution is -2.50. The topological polar surface area (TPSA) is 60.9 Å². The summed E-state index contributed by atoms with van der Waals surface area (Å²) in [5.74, 6) is -0.252. The Morgan fingerprint density at radius 1 is 1.10 bits per heavy atom. The smallest absolute Gasteiger partial charge is 0.320 e. The van der Waals surface area contributed by atoms with Gasteiger partial charge in [0, 0.05) is 25.0 Å². The molecule has 0 spiro atoms. The van der Waals surface area contributed by atoms with Crippen molar-refractivity contribution in [2.75, 3.05) is 19.6 Å². The molecule has 0 aliphatic carbocycles. The van der Waals surface area contributed by atoms with Crippen LogP contribution in [0.1, 0.15) is 52.4 Å². The van der Waals surface area contributed by atoms with Crippen molar-refractivity contribution in [1.29, 1.82) is 0 Å². The maximum Gasteiger partial charge on any atom is 0.320 e. The SMILES string of the molecule is CCC(CC)C(=O)N1CCC(N2CCCC2C(=O)O)CC1. The van der Waals surface area contributed by atoms with E-state index in [2.05, 4.69) is 18.7 Å². The molecule has 5 heteroatoms. The van der Waals surface area contributed by atoms with Gasteiger partial charge in [-0.05, 0) is 45.1 Å². The summed E-state index contributed by atoms with van der Waals surface area (Å²) >= 11 is 0. The fourth-order valence-electron chi connectivity index (χ4n) is 3.81. The van der Waals surface area contributed by atoms with Crippen molar-refractivity contribution in [3.63, 3.8) is 0 Å². The van der Waals surface area contributed by atoms with Crippen molar-refractivity contribution in [3.8, 4) is 0 Å². The van der Waals surface area contributed by atoms with Gasteiger partial charge in [0.25, 0.3) is 0 Å². The third kappa shape index (κ3) is 3.57. The van der Waals surface area contributed by atoms with E-state index in [0.29, 0.717) is 6.04 Å². The number of carboxylic acids is 1. The van der Waals surface area contributed by atoms with E-state index in [9.17, 15) is 14.7 Å². The lowest BCUT2D eigenvalue weighted by molar-refractivity contribution is -0.144. The standard InChI is InChI=1S/C16H28N2O3/c1-3-12(4-2)15(19)17-10-7-13(8-11-17)18-9-5-6-14(18)16(20)21/h12-14H,3-11H2,1-2H3,(H,20,21). The second-order valence-electron chi connectivity index (χ2n) is 6.30. The third-order valence-corrected chi connectivity index (χ3v) is 5.16. The molecular weight excluding hydrogens is 268 g/mol. The predicted molar refractivity (Wildman–Crippen MR) is 81.0 cm³/mol. The number of carboxylic acid groups (broad SMARTS) is 1. The van der Waals surface area contributed by atoms with E-state index in [0.717, 1.165) is 58.2 Å². The van der Waals surface area contributed by atoms with Gasteiger partial charge in [0.15, 0.2) is 0 Å². The molecule has 1 amide bonds. The highest BCUT2D eigenvalue weighted by molar-refractivity contribution is 5.78. The summed E-state index contributed by atoms with van der Waals surface area (Å²) in [7, 11) is 0. The van der Waals surface area contributed by atoms with Crippen molar-refractivity contribution in [2.24, 2.45) is 5.92 Å². The van der Waals surface area contributed by atoms with Gasteiger partial charge in [-0.15, -0.1) is 0 Å². The number of rotatable bonds is 5. The van der Waals surface area contributed by atoms with Crippen molar-refractivity contribution in [3.05, 3.63) is 0 Å². The van der Waals surface area contributed by atoms with Crippen LogP contribution >= 0.6 is 0 Å². The van der Waals surface area contributed by atoms with Crippen LogP contribution in [0.25, 0.3) is 0 Å². The first-order valence-corrected chi connectivity index (χ1v) is 8.35. The van der Waals surface area contributed by atoms with E-state index in [4.69, 9.17) is 0 Å². The molecule has 2 saturated heterocycles. The summed E-state index contributed by atoms with van der Waals surface area (Å²) in [6, 6.07) is 0.0237. The molecule has 0 aromatic rings. The summed E-state index contributed by atoms with van der Waals surface area (Å²) < 4.78 is 0. The van der Waals surface area contributed by atoms with E-state index in [1.54, 1.807) is 0 Å². The second kappa shape index (κ2) is 7.25. The Labute approximate surface area is 127 Å². The van der Waals surface area contributed by atoms with Crippen molar-refractivity contribution >= 4 is 11.9 Å². The predicted octanol–water partition coefficient (Wildman–Crippen LogP) is 1.96. The molecule has 0 aromatic heterocycles. The third-order valence-electron chi connectivity index (χ3n) is 5.16. The fourth-order valence-corrected chi connectivity index (χ4v) is 3.81. The number of amides is 1. The first-order valence-electron chi connectivity index (χ1n) is 8.35. The molecule has 0 bridgehead atoms. The van der Waals surface area contributed by atoms with Gasteiger partial charge in [-0.3, -0.25) is 14.5 Å². The van der Waals surface area contributed by atoms with Crippen LogP contribution in [0.3, 0.4) is 0 Å². The summed E-state index contributed by atoms with van der Waals surface area (Å²) in [6.45, 7) is 6.59. The van der Waals surface area contributed by atoms with Gasteiger partial charge in [0.2, 0.25) is 5.91 Å². The molecule has 2 aliphatic heterocycles. The molecular formula is C16H28N2O3. The molecule has 2 heterocycles. The molecule has 2 rings (SSSR count). The first kappa shape index (κ1) is 16.3. The van der Waals surface area contributed by atoms with Crippen LogP contribution in [-0.4, -0.2) is 58.5 Å². The van der Waals surface area contributed by atoms with Crippen LogP contribution in [-0.2, 0) is 9.59 Å². The molecule has 1 unspecified atom stereocenters. The minimum Gasteiger partial charge on any atom is -0.480 e. The van der Waals surface area contributed by atoms with E-state index in [-0.39, 0.29) is 17.9 Å². The van der Waals surface area contributed by atoms with Crippen LogP contribution < -0.4 is 0 Å². The van der Waals surface area contributed by atoms with E-state index >= 15 is 0 Å². The lowest BCUT2D eigenvalue weighted by atomic mass is 9.97. The number of likely N-dealkylation sites (tertiary alicyclic amines) is 2. The monoisotopic (exact) mass is 296 g/mol. The maximum atomic E-state index is 12.4. The Morgan fingerprint density at radius 2 is 1.71 bits per heavy atom. The van der Waals surface area contributed by atoms with Gasteiger partial charge in [0.05, 0.1) is 0 Å². The average molecular weight is 296 g/mol. The minimum atomic E-state index is -0.692. The highest BCUT2D eigenvalue weighted by Crippen LogP contribution is 2.27. The zero-order valence-electron chi connectivity index (χ0n) is 13.3. The zero-order valence-corrected chi connectivity index (χ0v) is 13.3. The van der Waals surface area contributed by atoms with E-state index in [1.807, 2.05) is 4.90 Å². The summed E-state index contributed by atoms with van der Waals surface area (Å²) in [4.78, 5) is 27.8. The van der Waals surface area contributed by atoms with Crippen LogP contribution in [0.15, 0.2) is 0 Å². The lowest BCUT2D eigenvalue weighted by Gasteiger charge is -2.39. The molecule has 5 nitrogen and oxygen atoms in total. The quantitative estimate of drug-likeness (QED) is 0.842. The average Bonchev–Trinajstić information content (AvgIpc) is 2.98. The van der Waals surface area contributed by atoms with Crippen molar-refractivity contribution in [2.45, 2.75) is 64.5 Å². The Balaban J connectivity index is 1.88. The van der Waals surface area contributed by atoms with E-state index < -0.39 is 5.97 Å². The number of carbonyl (C=O) groups is 2. The molecule has 21 heavy (non-hydrogen) atoms. The summed E-state index contributed by atoms with van der Waals surface area (Å²) in [6.07, 6.45) is 5.38. The molecule has 0 aromatic carbocycles. The summed E-state index contributed by atoms with van der Waals surface area (Å²) in [5, 5.41) is 9.28. The number of carbonyl (C=O) groups excluding carboxylic acids is 1. The first-order chi connectivity index (χ1) is 10.1. The summed E-state index contributed by atoms with van der Waals surface area (Å²) in [5.41, 5.74) is 0. The Kier molecular flexibility index (Phi) is 5.62. The van der Waals surface area contributed by atoms with Gasteiger partial charge in [0.1, 0.15) is 6.04 Å². The number of aliphatic carboxylic acids is 1. The van der Waals surface area contributed by atoms with Crippen LogP contribution in [0.5, 0.6) is 0 Å². The van der Waals surface area contributed by atoms with Crippen LogP contribution in [0, 0.1) is 5.92 Å². The van der Waals surface area contributed by atoms with E-state index in [1.165, 1.54) is 0 Å². The molecule has 2 fully saturated rings. The Hall–Kier alpha value is -1.10. The highest BCUT2D eigenvalue weighted by Gasteiger charge is 2.37. The molecule has 0 radical (unpaired) electrons. The van der Waals surface area contributed by atoms with Crippen molar-refractivity contribution < 1.29 is 14.7 Å². The normalized spacial score (nSPS) is 24.7. The number of hydrogen-bond donors (Lipinski definition) is 1. The van der Waals surface area contributed by atoms with Crippen LogP contribution in [0.2, 0.25) is 0 Å².